The minimum absolute atomic E-state index is 0.143. The molecule has 1 saturated carbocycles. The first-order chi connectivity index (χ1) is 7.65. The van der Waals surface area contributed by atoms with Crippen molar-refractivity contribution >= 4 is 11.6 Å². The summed E-state index contributed by atoms with van der Waals surface area (Å²) in [7, 11) is 0. The lowest BCUT2D eigenvalue weighted by Crippen LogP contribution is -2.43. The normalized spacial score (nSPS) is 30.1. The number of hydrogen-bond donors (Lipinski definition) is 1. The summed E-state index contributed by atoms with van der Waals surface area (Å²) in [6.45, 7) is 2.25. The van der Waals surface area contributed by atoms with Crippen molar-refractivity contribution in [1.29, 1.82) is 0 Å². The van der Waals surface area contributed by atoms with Crippen molar-refractivity contribution in [2.45, 2.75) is 38.3 Å². The second-order valence-corrected chi connectivity index (χ2v) is 5.13. The van der Waals surface area contributed by atoms with Gasteiger partial charge in [-0.1, -0.05) is 18.5 Å². The van der Waals surface area contributed by atoms with Crippen LogP contribution < -0.4 is 10.5 Å². The molecule has 1 fully saturated rings. The zero-order valence-electron chi connectivity index (χ0n) is 9.53. The molecule has 1 aromatic rings. The first-order valence-corrected chi connectivity index (χ1v) is 6.21. The third-order valence-electron chi connectivity index (χ3n) is 3.21. The van der Waals surface area contributed by atoms with Gasteiger partial charge in [-0.05, 0) is 49.4 Å². The Kier molecular flexibility index (Phi) is 3.72. The molecule has 2 rings (SSSR count). The average molecular weight is 240 g/mol. The molecule has 3 heteroatoms. The van der Waals surface area contributed by atoms with Crippen molar-refractivity contribution in [3.63, 3.8) is 0 Å². The van der Waals surface area contributed by atoms with Crippen LogP contribution in [-0.4, -0.2) is 12.1 Å². The second kappa shape index (κ2) is 5.07. The van der Waals surface area contributed by atoms with Crippen LogP contribution in [0.2, 0.25) is 5.02 Å². The van der Waals surface area contributed by atoms with Crippen LogP contribution in [0.25, 0.3) is 0 Å². The van der Waals surface area contributed by atoms with Crippen molar-refractivity contribution in [1.82, 2.24) is 0 Å². The summed E-state index contributed by atoms with van der Waals surface area (Å²) in [6, 6.07) is 7.64. The first kappa shape index (κ1) is 11.7. The molecule has 2 nitrogen and oxygen atoms in total. The Labute approximate surface area is 102 Å². The minimum atomic E-state index is 0.143. The average Bonchev–Trinajstić information content (AvgIpc) is 2.27. The molecule has 3 unspecified atom stereocenters. The summed E-state index contributed by atoms with van der Waals surface area (Å²) in [6.07, 6.45) is 3.45. The zero-order valence-corrected chi connectivity index (χ0v) is 10.3. The SMILES string of the molecule is CC1CCC(N)C(Oc2ccc(Cl)cc2)C1. The van der Waals surface area contributed by atoms with E-state index in [1.807, 2.05) is 24.3 Å². The van der Waals surface area contributed by atoms with Crippen molar-refractivity contribution < 1.29 is 4.74 Å². The third kappa shape index (κ3) is 2.89. The molecule has 1 aliphatic rings. The molecule has 1 aliphatic carbocycles. The zero-order chi connectivity index (χ0) is 11.5. The number of halogens is 1. The molecule has 16 heavy (non-hydrogen) atoms. The van der Waals surface area contributed by atoms with Gasteiger partial charge in [0.2, 0.25) is 0 Å². The van der Waals surface area contributed by atoms with Gasteiger partial charge < -0.3 is 10.5 Å². The molecule has 2 N–H and O–H groups in total. The van der Waals surface area contributed by atoms with Gasteiger partial charge in [0.15, 0.2) is 0 Å². The Morgan fingerprint density at radius 2 is 1.94 bits per heavy atom. The lowest BCUT2D eigenvalue weighted by molar-refractivity contribution is 0.108. The van der Waals surface area contributed by atoms with Gasteiger partial charge in [-0.3, -0.25) is 0 Å². The van der Waals surface area contributed by atoms with Crippen molar-refractivity contribution in [2.24, 2.45) is 11.7 Å². The van der Waals surface area contributed by atoms with Crippen LogP contribution in [0.15, 0.2) is 24.3 Å². The van der Waals surface area contributed by atoms with E-state index in [0.29, 0.717) is 5.92 Å². The Morgan fingerprint density at radius 3 is 2.62 bits per heavy atom. The lowest BCUT2D eigenvalue weighted by atomic mass is 9.85. The largest absolute Gasteiger partial charge is 0.489 e. The maximum Gasteiger partial charge on any atom is 0.119 e. The van der Waals surface area contributed by atoms with Crippen LogP contribution >= 0.6 is 11.6 Å². The quantitative estimate of drug-likeness (QED) is 0.860. The number of nitrogens with two attached hydrogens (primary N) is 1. The summed E-state index contributed by atoms with van der Waals surface area (Å²) >= 11 is 5.83. The molecule has 1 aromatic carbocycles. The van der Waals surface area contributed by atoms with E-state index in [1.165, 1.54) is 6.42 Å². The molecule has 3 atom stereocenters. The fourth-order valence-electron chi connectivity index (χ4n) is 2.18. The van der Waals surface area contributed by atoms with Gasteiger partial charge in [-0.15, -0.1) is 0 Å². The van der Waals surface area contributed by atoms with Crippen LogP contribution in [0.1, 0.15) is 26.2 Å². The number of rotatable bonds is 2. The molecule has 0 saturated heterocycles. The highest BCUT2D eigenvalue weighted by atomic mass is 35.5. The molecule has 0 spiro atoms. The minimum Gasteiger partial charge on any atom is -0.489 e. The van der Waals surface area contributed by atoms with E-state index in [2.05, 4.69) is 6.92 Å². The topological polar surface area (TPSA) is 35.2 Å². The highest BCUT2D eigenvalue weighted by Gasteiger charge is 2.27. The Hall–Kier alpha value is -0.730. The van der Waals surface area contributed by atoms with Crippen molar-refractivity contribution in [3.8, 4) is 5.75 Å². The molecule has 0 amide bonds. The lowest BCUT2D eigenvalue weighted by Gasteiger charge is -2.32. The monoisotopic (exact) mass is 239 g/mol. The smallest absolute Gasteiger partial charge is 0.119 e. The van der Waals surface area contributed by atoms with Gasteiger partial charge in [0, 0.05) is 11.1 Å². The summed E-state index contributed by atoms with van der Waals surface area (Å²) in [5.41, 5.74) is 6.07. The van der Waals surface area contributed by atoms with Crippen LogP contribution in [0.4, 0.5) is 0 Å². The fraction of sp³-hybridized carbons (Fsp3) is 0.538. The van der Waals surface area contributed by atoms with E-state index >= 15 is 0 Å². The van der Waals surface area contributed by atoms with Crippen LogP contribution in [0.5, 0.6) is 5.75 Å². The van der Waals surface area contributed by atoms with Gasteiger partial charge >= 0.3 is 0 Å². The standard InChI is InChI=1S/C13H18ClNO/c1-9-2-7-12(15)13(8-9)16-11-5-3-10(14)4-6-11/h3-6,9,12-13H,2,7-8,15H2,1H3. The summed E-state index contributed by atoms with van der Waals surface area (Å²) in [5, 5.41) is 0.730. The third-order valence-corrected chi connectivity index (χ3v) is 3.46. The highest BCUT2D eigenvalue weighted by molar-refractivity contribution is 6.30. The van der Waals surface area contributed by atoms with Gasteiger partial charge in [0.05, 0.1) is 0 Å². The Bertz CT molecular complexity index is 338. The number of ether oxygens (including phenoxy) is 1. The fourth-order valence-corrected chi connectivity index (χ4v) is 2.30. The number of benzene rings is 1. The molecular weight excluding hydrogens is 222 g/mol. The van der Waals surface area contributed by atoms with Crippen LogP contribution in [-0.2, 0) is 0 Å². The molecule has 0 radical (unpaired) electrons. The predicted octanol–water partition coefficient (Wildman–Crippen LogP) is 3.23. The molecular formula is C13H18ClNO. The van der Waals surface area contributed by atoms with E-state index in [1.54, 1.807) is 0 Å². The molecule has 88 valence electrons. The van der Waals surface area contributed by atoms with E-state index < -0.39 is 0 Å². The highest BCUT2D eigenvalue weighted by Crippen LogP contribution is 2.27. The maximum atomic E-state index is 6.07. The van der Waals surface area contributed by atoms with Crippen molar-refractivity contribution in [2.75, 3.05) is 0 Å². The van der Waals surface area contributed by atoms with Gasteiger partial charge in [-0.2, -0.15) is 0 Å². The summed E-state index contributed by atoms with van der Waals surface area (Å²) in [5.74, 6) is 1.57. The summed E-state index contributed by atoms with van der Waals surface area (Å²) in [4.78, 5) is 0. The van der Waals surface area contributed by atoms with Crippen LogP contribution in [0.3, 0.4) is 0 Å². The maximum absolute atomic E-state index is 6.07. The van der Waals surface area contributed by atoms with Gasteiger partial charge in [0.1, 0.15) is 11.9 Å². The first-order valence-electron chi connectivity index (χ1n) is 5.83. The summed E-state index contributed by atoms with van der Waals surface area (Å²) < 4.78 is 5.91. The predicted molar refractivity (Wildman–Crippen MR) is 66.9 cm³/mol. The molecule has 0 bridgehead atoms. The molecule has 0 heterocycles. The van der Waals surface area contributed by atoms with Crippen LogP contribution in [0, 0.1) is 5.92 Å². The van der Waals surface area contributed by atoms with Gasteiger partial charge in [-0.25, -0.2) is 0 Å². The van der Waals surface area contributed by atoms with E-state index in [9.17, 15) is 0 Å². The molecule has 0 aliphatic heterocycles. The van der Waals surface area contributed by atoms with E-state index in [-0.39, 0.29) is 12.1 Å². The van der Waals surface area contributed by atoms with E-state index in [0.717, 1.165) is 23.6 Å². The van der Waals surface area contributed by atoms with Gasteiger partial charge in [0.25, 0.3) is 0 Å². The van der Waals surface area contributed by atoms with E-state index in [4.69, 9.17) is 22.1 Å². The Morgan fingerprint density at radius 1 is 1.25 bits per heavy atom. The molecule has 0 aromatic heterocycles. The van der Waals surface area contributed by atoms with Crippen molar-refractivity contribution in [3.05, 3.63) is 29.3 Å². The Balaban J connectivity index is 2.00. The second-order valence-electron chi connectivity index (χ2n) is 4.69. The number of hydrogen-bond acceptors (Lipinski definition) is 2.